The number of thioether (sulfide) groups is 1. The minimum absolute atomic E-state index is 0.0738. The zero-order chi connectivity index (χ0) is 16.9. The molecule has 1 saturated carbocycles. The van der Waals surface area contributed by atoms with E-state index >= 15 is 0 Å². The van der Waals surface area contributed by atoms with Gasteiger partial charge >= 0.3 is 0 Å². The van der Waals surface area contributed by atoms with E-state index in [4.69, 9.17) is 4.42 Å². The highest BCUT2D eigenvalue weighted by Gasteiger charge is 2.21. The second-order valence-electron chi connectivity index (χ2n) is 6.34. The van der Waals surface area contributed by atoms with Crippen molar-refractivity contribution in [2.75, 3.05) is 5.75 Å². The molecule has 2 aromatic rings. The number of nitrogens with zero attached hydrogens (tertiary/aromatic N) is 3. The molecular weight excluding hydrogens is 324 g/mol. The minimum atomic E-state index is 0.0738. The van der Waals surface area contributed by atoms with E-state index in [-0.39, 0.29) is 5.91 Å². The van der Waals surface area contributed by atoms with E-state index in [1.165, 1.54) is 24.6 Å². The van der Waals surface area contributed by atoms with Gasteiger partial charge in [-0.1, -0.05) is 18.7 Å². The average Bonchev–Trinajstić information content (AvgIpc) is 3.23. The summed E-state index contributed by atoms with van der Waals surface area (Å²) in [6, 6.07) is 4.02. The van der Waals surface area contributed by atoms with Crippen molar-refractivity contribution in [3.63, 3.8) is 0 Å². The molecule has 1 amide bonds. The average molecular weight is 348 g/mol. The van der Waals surface area contributed by atoms with Crippen LogP contribution in [0.15, 0.2) is 28.0 Å². The molecule has 0 spiro atoms. The van der Waals surface area contributed by atoms with Gasteiger partial charge < -0.3 is 9.73 Å². The van der Waals surface area contributed by atoms with Crippen LogP contribution in [-0.2, 0) is 11.3 Å². The van der Waals surface area contributed by atoms with Crippen LogP contribution in [0, 0.1) is 5.92 Å². The summed E-state index contributed by atoms with van der Waals surface area (Å²) in [4.78, 5) is 12.2. The van der Waals surface area contributed by atoms with Crippen LogP contribution >= 0.6 is 11.8 Å². The fourth-order valence-corrected chi connectivity index (χ4v) is 3.89. The zero-order valence-corrected chi connectivity index (χ0v) is 15.0. The Morgan fingerprint density at radius 1 is 1.38 bits per heavy atom. The number of carbonyl (C=O) groups excluding carboxylic acids is 1. The zero-order valence-electron chi connectivity index (χ0n) is 14.2. The van der Waals surface area contributed by atoms with Gasteiger partial charge in [0.2, 0.25) is 5.91 Å². The smallest absolute Gasteiger partial charge is 0.230 e. The molecule has 7 heteroatoms. The third-order valence-electron chi connectivity index (χ3n) is 4.49. The molecule has 0 atom stereocenters. The Morgan fingerprint density at radius 3 is 2.83 bits per heavy atom. The summed E-state index contributed by atoms with van der Waals surface area (Å²) in [6.07, 6.45) is 6.20. The number of rotatable bonds is 6. The molecule has 0 saturated heterocycles. The summed E-state index contributed by atoms with van der Waals surface area (Å²) in [7, 11) is 0. The Kier molecular flexibility index (Phi) is 5.60. The lowest BCUT2D eigenvalue weighted by molar-refractivity contribution is -0.119. The van der Waals surface area contributed by atoms with Crippen LogP contribution in [-0.4, -0.2) is 32.5 Å². The lowest BCUT2D eigenvalue weighted by Gasteiger charge is -2.26. The fourth-order valence-electron chi connectivity index (χ4n) is 3.07. The summed E-state index contributed by atoms with van der Waals surface area (Å²) in [5.41, 5.74) is 0. The molecule has 1 N–H and O–H groups in total. The minimum Gasteiger partial charge on any atom is -0.461 e. The van der Waals surface area contributed by atoms with Crippen LogP contribution in [0.1, 0.15) is 39.5 Å². The van der Waals surface area contributed by atoms with Gasteiger partial charge in [-0.05, 0) is 50.7 Å². The Balaban J connectivity index is 1.55. The number of furan rings is 1. The van der Waals surface area contributed by atoms with Crippen molar-refractivity contribution in [3.05, 3.63) is 18.4 Å². The third-order valence-corrected chi connectivity index (χ3v) is 5.45. The molecular formula is C17H24N4O2S. The molecule has 24 heavy (non-hydrogen) atoms. The van der Waals surface area contributed by atoms with Gasteiger partial charge in [0.15, 0.2) is 16.7 Å². The number of nitrogens with one attached hydrogen (secondary N) is 1. The first-order chi connectivity index (χ1) is 11.7. The highest BCUT2D eigenvalue weighted by atomic mass is 32.2. The Labute approximate surface area is 146 Å². The normalized spacial score (nSPS) is 20.9. The predicted molar refractivity (Wildman–Crippen MR) is 93.7 cm³/mol. The van der Waals surface area contributed by atoms with E-state index in [2.05, 4.69) is 22.4 Å². The van der Waals surface area contributed by atoms with Crippen LogP contribution in [0.2, 0.25) is 0 Å². The summed E-state index contributed by atoms with van der Waals surface area (Å²) >= 11 is 1.42. The molecule has 0 radical (unpaired) electrons. The quantitative estimate of drug-likeness (QED) is 0.811. The Morgan fingerprint density at radius 2 is 2.17 bits per heavy atom. The van der Waals surface area contributed by atoms with Crippen LogP contribution in [0.25, 0.3) is 11.6 Å². The molecule has 0 bridgehead atoms. The first kappa shape index (κ1) is 17.1. The van der Waals surface area contributed by atoms with E-state index in [0.29, 0.717) is 23.4 Å². The number of aromatic nitrogens is 3. The monoisotopic (exact) mass is 348 g/mol. The van der Waals surface area contributed by atoms with E-state index in [1.54, 1.807) is 6.26 Å². The van der Waals surface area contributed by atoms with Gasteiger partial charge in [0.25, 0.3) is 0 Å². The third kappa shape index (κ3) is 4.01. The maximum absolute atomic E-state index is 12.2. The second-order valence-corrected chi connectivity index (χ2v) is 7.28. The van der Waals surface area contributed by atoms with Gasteiger partial charge in [-0.15, -0.1) is 10.2 Å². The number of carbonyl (C=O) groups is 1. The molecule has 0 unspecified atom stereocenters. The standard InChI is InChI=1S/C17H24N4O2S/c1-3-21-16(14-5-4-10-23-14)19-20-17(21)24-11-15(22)18-13-8-6-12(2)7-9-13/h4-5,10,12-13H,3,6-9,11H2,1-2H3,(H,18,22). The fraction of sp³-hybridized carbons (Fsp3) is 0.588. The van der Waals surface area contributed by atoms with Crippen molar-refractivity contribution in [2.45, 2.75) is 57.3 Å². The highest BCUT2D eigenvalue weighted by Crippen LogP contribution is 2.25. The summed E-state index contributed by atoms with van der Waals surface area (Å²) in [6.45, 7) is 5.04. The number of amides is 1. The topological polar surface area (TPSA) is 73.0 Å². The lowest BCUT2D eigenvalue weighted by atomic mass is 9.87. The van der Waals surface area contributed by atoms with Gasteiger partial charge in [0.1, 0.15) is 0 Å². The van der Waals surface area contributed by atoms with Gasteiger partial charge in [-0.25, -0.2) is 0 Å². The van der Waals surface area contributed by atoms with Crippen LogP contribution in [0.5, 0.6) is 0 Å². The molecule has 0 aromatic carbocycles. The molecule has 3 rings (SSSR count). The van der Waals surface area contributed by atoms with Crippen molar-refractivity contribution >= 4 is 17.7 Å². The van der Waals surface area contributed by atoms with Gasteiger partial charge in [0, 0.05) is 12.6 Å². The molecule has 6 nitrogen and oxygen atoms in total. The molecule has 2 aromatic heterocycles. The summed E-state index contributed by atoms with van der Waals surface area (Å²) in [5.74, 6) is 2.62. The van der Waals surface area contributed by atoms with Crippen molar-refractivity contribution in [1.82, 2.24) is 20.1 Å². The van der Waals surface area contributed by atoms with E-state index < -0.39 is 0 Å². The molecule has 1 aliphatic rings. The van der Waals surface area contributed by atoms with Crippen molar-refractivity contribution in [3.8, 4) is 11.6 Å². The highest BCUT2D eigenvalue weighted by molar-refractivity contribution is 7.99. The summed E-state index contributed by atoms with van der Waals surface area (Å²) < 4.78 is 7.37. The Bertz CT molecular complexity index is 660. The van der Waals surface area contributed by atoms with Gasteiger partial charge in [0.05, 0.1) is 12.0 Å². The van der Waals surface area contributed by atoms with Crippen LogP contribution in [0.3, 0.4) is 0 Å². The van der Waals surface area contributed by atoms with Crippen molar-refractivity contribution in [2.24, 2.45) is 5.92 Å². The van der Waals surface area contributed by atoms with Crippen LogP contribution in [0.4, 0.5) is 0 Å². The van der Waals surface area contributed by atoms with E-state index in [1.807, 2.05) is 23.6 Å². The van der Waals surface area contributed by atoms with Gasteiger partial charge in [-0.2, -0.15) is 0 Å². The number of hydrogen-bond acceptors (Lipinski definition) is 5. The summed E-state index contributed by atoms with van der Waals surface area (Å²) in [5, 5.41) is 12.3. The molecule has 1 aliphatic carbocycles. The largest absolute Gasteiger partial charge is 0.461 e. The maximum atomic E-state index is 12.2. The van der Waals surface area contributed by atoms with Crippen molar-refractivity contribution < 1.29 is 9.21 Å². The molecule has 130 valence electrons. The number of hydrogen-bond donors (Lipinski definition) is 1. The maximum Gasteiger partial charge on any atom is 0.230 e. The van der Waals surface area contributed by atoms with Crippen LogP contribution < -0.4 is 5.32 Å². The predicted octanol–water partition coefficient (Wildman–Crippen LogP) is 3.35. The first-order valence-electron chi connectivity index (χ1n) is 8.56. The second kappa shape index (κ2) is 7.88. The van der Waals surface area contributed by atoms with E-state index in [9.17, 15) is 4.79 Å². The lowest BCUT2D eigenvalue weighted by Crippen LogP contribution is -2.38. The van der Waals surface area contributed by atoms with Gasteiger partial charge in [-0.3, -0.25) is 9.36 Å². The molecule has 2 heterocycles. The van der Waals surface area contributed by atoms with E-state index in [0.717, 1.165) is 30.5 Å². The van der Waals surface area contributed by atoms with Crippen molar-refractivity contribution in [1.29, 1.82) is 0 Å². The molecule has 1 fully saturated rings. The SMILES string of the molecule is CCn1c(SCC(=O)NC2CCC(C)CC2)nnc1-c1ccco1. The molecule has 0 aliphatic heterocycles. The first-order valence-corrected chi connectivity index (χ1v) is 9.55. The Hall–Kier alpha value is -1.76.